The van der Waals surface area contributed by atoms with Crippen LogP contribution in [0.2, 0.25) is 5.02 Å². The minimum Gasteiger partial charge on any atom is -0.481 e. The van der Waals surface area contributed by atoms with Crippen molar-refractivity contribution in [3.8, 4) is 5.75 Å². The Balaban J connectivity index is 1.64. The molecule has 2 amide bonds. The topological polar surface area (TPSA) is 97.6 Å². The maximum absolute atomic E-state index is 12.6. The molecule has 0 aliphatic carbocycles. The van der Waals surface area contributed by atoms with Crippen molar-refractivity contribution in [3.63, 3.8) is 0 Å². The smallest absolute Gasteiger partial charge is 0.292 e. The number of aromatic nitrogens is 2. The van der Waals surface area contributed by atoms with E-state index in [1.54, 1.807) is 68.2 Å². The van der Waals surface area contributed by atoms with Crippen molar-refractivity contribution < 1.29 is 14.3 Å². The number of carbonyl (C=O) groups excluding carboxylic acids is 2. The minimum atomic E-state index is -0.719. The fraction of sp³-hybridized carbons (Fsp3) is 0.217. The van der Waals surface area contributed by atoms with E-state index in [4.69, 9.17) is 16.3 Å². The fourth-order valence-corrected chi connectivity index (χ4v) is 3.90. The van der Waals surface area contributed by atoms with E-state index in [0.717, 1.165) is 14.7 Å². The Morgan fingerprint density at radius 1 is 1.24 bits per heavy atom. The molecule has 0 saturated heterocycles. The fourth-order valence-electron chi connectivity index (χ4n) is 2.92. The first-order valence-electron chi connectivity index (χ1n) is 10.0. The molecule has 0 radical (unpaired) electrons. The second-order valence-corrected chi connectivity index (χ2v) is 8.98. The molecular formula is C23H23ClIN5O3. The molecule has 0 fully saturated rings. The van der Waals surface area contributed by atoms with Crippen LogP contribution in [0.1, 0.15) is 35.5 Å². The lowest BCUT2D eigenvalue weighted by molar-refractivity contribution is -0.122. The lowest BCUT2D eigenvalue weighted by Gasteiger charge is -2.16. The molecule has 0 aliphatic heterocycles. The number of nitrogens with one attached hydrogen (secondary N) is 2. The Bertz CT molecular complexity index is 1220. The Morgan fingerprint density at radius 3 is 2.67 bits per heavy atom. The quantitative estimate of drug-likeness (QED) is 0.244. The van der Waals surface area contributed by atoms with Crippen molar-refractivity contribution in [1.82, 2.24) is 15.2 Å². The van der Waals surface area contributed by atoms with Gasteiger partial charge in [-0.2, -0.15) is 10.2 Å². The third kappa shape index (κ3) is 6.55. The zero-order valence-electron chi connectivity index (χ0n) is 18.5. The van der Waals surface area contributed by atoms with Gasteiger partial charge in [-0.1, -0.05) is 23.7 Å². The molecule has 0 bridgehead atoms. The van der Waals surface area contributed by atoms with Gasteiger partial charge in [0.1, 0.15) is 5.75 Å². The van der Waals surface area contributed by atoms with Crippen LogP contribution in [0.4, 0.5) is 5.69 Å². The number of hydrogen-bond acceptors (Lipinski definition) is 5. The molecule has 172 valence electrons. The Hall–Kier alpha value is -2.92. The summed E-state index contributed by atoms with van der Waals surface area (Å²) in [6.07, 6.45) is 1.03. The van der Waals surface area contributed by atoms with Crippen LogP contribution < -0.4 is 15.5 Å². The number of hydrogen-bond donors (Lipinski definition) is 2. The molecular weight excluding hydrogens is 557 g/mol. The summed E-state index contributed by atoms with van der Waals surface area (Å²) in [6, 6.07) is 12.4. The lowest BCUT2D eigenvalue weighted by atomic mass is 10.1. The van der Waals surface area contributed by atoms with Gasteiger partial charge in [-0.3, -0.25) is 14.3 Å². The molecule has 33 heavy (non-hydrogen) atoms. The second kappa shape index (κ2) is 10.8. The maximum atomic E-state index is 12.6. The van der Waals surface area contributed by atoms with Crippen molar-refractivity contribution in [3.05, 3.63) is 74.1 Å². The van der Waals surface area contributed by atoms with Crippen LogP contribution in [0, 0.1) is 10.5 Å². The van der Waals surface area contributed by atoms with E-state index >= 15 is 0 Å². The standard InChI is InChI=1S/C23H23ClIN5O3/c1-13-10-17(24)8-9-20(13)33-15(3)22(31)26-18-7-5-6-16(11-18)14(2)27-28-23(32)21-19(25)12-30(4)29-21/h5-12,15H,1-4H3,(H,26,31)(H,28,32)/t15-/m1/s1. The van der Waals surface area contributed by atoms with E-state index in [2.05, 4.69) is 20.9 Å². The summed E-state index contributed by atoms with van der Waals surface area (Å²) in [5.41, 5.74) is 5.57. The molecule has 0 saturated carbocycles. The second-order valence-electron chi connectivity index (χ2n) is 7.38. The maximum Gasteiger partial charge on any atom is 0.292 e. The molecule has 10 heteroatoms. The van der Waals surface area contributed by atoms with Crippen LogP contribution in [-0.4, -0.2) is 33.4 Å². The predicted molar refractivity (Wildman–Crippen MR) is 137 cm³/mol. The van der Waals surface area contributed by atoms with Crippen molar-refractivity contribution in [2.75, 3.05) is 5.32 Å². The van der Waals surface area contributed by atoms with E-state index in [0.29, 0.717) is 27.9 Å². The first-order chi connectivity index (χ1) is 15.6. The minimum absolute atomic E-state index is 0.297. The number of rotatable bonds is 7. The molecule has 1 aromatic heterocycles. The third-order valence-electron chi connectivity index (χ3n) is 4.68. The molecule has 2 N–H and O–H groups in total. The largest absolute Gasteiger partial charge is 0.481 e. The number of nitrogens with zero attached hydrogens (tertiary/aromatic N) is 3. The Kier molecular flexibility index (Phi) is 8.09. The first kappa shape index (κ1) is 24.7. The van der Waals surface area contributed by atoms with Gasteiger partial charge in [-0.15, -0.1) is 0 Å². The average molecular weight is 580 g/mol. The van der Waals surface area contributed by atoms with Crippen LogP contribution in [0.15, 0.2) is 53.8 Å². The van der Waals surface area contributed by atoms with Crippen molar-refractivity contribution in [1.29, 1.82) is 0 Å². The number of aryl methyl sites for hydroxylation is 2. The number of ether oxygens (including phenoxy) is 1. The average Bonchev–Trinajstić information content (AvgIpc) is 3.11. The van der Waals surface area contributed by atoms with Gasteiger partial charge in [0.05, 0.1) is 9.28 Å². The Morgan fingerprint density at radius 2 is 2.00 bits per heavy atom. The zero-order chi connectivity index (χ0) is 24.1. The summed E-state index contributed by atoms with van der Waals surface area (Å²) in [5, 5.41) is 11.7. The Labute approximate surface area is 210 Å². The van der Waals surface area contributed by atoms with E-state index < -0.39 is 12.0 Å². The van der Waals surface area contributed by atoms with Crippen molar-refractivity contribution in [2.24, 2.45) is 12.1 Å². The molecule has 1 heterocycles. The highest BCUT2D eigenvalue weighted by Gasteiger charge is 2.17. The predicted octanol–water partition coefficient (Wildman–Crippen LogP) is 4.55. The van der Waals surface area contributed by atoms with Gasteiger partial charge < -0.3 is 10.1 Å². The molecule has 3 rings (SSSR count). The highest BCUT2D eigenvalue weighted by atomic mass is 127. The van der Waals surface area contributed by atoms with Gasteiger partial charge in [0.2, 0.25) is 0 Å². The molecule has 0 spiro atoms. The molecule has 2 aromatic carbocycles. The van der Waals surface area contributed by atoms with Crippen LogP contribution in [0.5, 0.6) is 5.75 Å². The number of benzene rings is 2. The summed E-state index contributed by atoms with van der Waals surface area (Å²) < 4.78 is 8.08. The molecule has 8 nitrogen and oxygen atoms in total. The van der Waals surface area contributed by atoms with E-state index in [1.165, 1.54) is 0 Å². The number of hydrazone groups is 1. The van der Waals surface area contributed by atoms with Crippen LogP contribution in [-0.2, 0) is 11.8 Å². The summed E-state index contributed by atoms with van der Waals surface area (Å²) in [6.45, 7) is 5.30. The lowest BCUT2D eigenvalue weighted by Crippen LogP contribution is -2.30. The van der Waals surface area contributed by atoms with Crippen LogP contribution >= 0.6 is 34.2 Å². The van der Waals surface area contributed by atoms with E-state index in [1.807, 2.05) is 35.6 Å². The third-order valence-corrected chi connectivity index (χ3v) is 5.71. The normalized spacial score (nSPS) is 12.2. The highest BCUT2D eigenvalue weighted by molar-refractivity contribution is 14.1. The molecule has 3 aromatic rings. The number of anilines is 1. The number of carbonyl (C=O) groups is 2. The molecule has 1 atom stereocenters. The highest BCUT2D eigenvalue weighted by Crippen LogP contribution is 2.23. The van der Waals surface area contributed by atoms with E-state index in [-0.39, 0.29) is 5.91 Å². The monoisotopic (exact) mass is 579 g/mol. The van der Waals surface area contributed by atoms with Gasteiger partial charge in [-0.25, -0.2) is 5.43 Å². The van der Waals surface area contributed by atoms with Crippen molar-refractivity contribution >= 4 is 57.4 Å². The van der Waals surface area contributed by atoms with E-state index in [9.17, 15) is 9.59 Å². The first-order valence-corrected chi connectivity index (χ1v) is 11.5. The number of amides is 2. The summed E-state index contributed by atoms with van der Waals surface area (Å²) in [7, 11) is 1.75. The van der Waals surface area contributed by atoms with Gasteiger partial charge in [-0.05, 0) is 84.8 Å². The summed E-state index contributed by atoms with van der Waals surface area (Å²) in [4.78, 5) is 24.9. The van der Waals surface area contributed by atoms with Gasteiger partial charge >= 0.3 is 0 Å². The van der Waals surface area contributed by atoms with Crippen molar-refractivity contribution in [2.45, 2.75) is 26.9 Å². The molecule has 0 unspecified atom stereocenters. The molecule has 0 aliphatic rings. The van der Waals surface area contributed by atoms with Gasteiger partial charge in [0.15, 0.2) is 11.8 Å². The van der Waals surface area contributed by atoms with Crippen LogP contribution in [0.3, 0.4) is 0 Å². The van der Waals surface area contributed by atoms with Gasteiger partial charge in [0.25, 0.3) is 11.8 Å². The van der Waals surface area contributed by atoms with Crippen LogP contribution in [0.25, 0.3) is 0 Å². The number of halogens is 2. The SMILES string of the molecule is CC(=NNC(=O)c1nn(C)cc1I)c1cccc(NC(=O)[C@@H](C)Oc2ccc(Cl)cc2C)c1. The summed E-state index contributed by atoms with van der Waals surface area (Å²) in [5.74, 6) is -0.0986. The summed E-state index contributed by atoms with van der Waals surface area (Å²) >= 11 is 8.02. The van der Waals surface area contributed by atoms with Gasteiger partial charge in [0, 0.05) is 24.0 Å². The zero-order valence-corrected chi connectivity index (χ0v) is 21.4.